The molecule has 0 atom stereocenters. The van der Waals surface area contributed by atoms with Crippen molar-refractivity contribution in [1.82, 2.24) is 5.32 Å². The van der Waals surface area contributed by atoms with Gasteiger partial charge in [0.05, 0.1) is 13.8 Å². The zero-order valence-corrected chi connectivity index (χ0v) is 8.84. The second kappa shape index (κ2) is 6.27. The Labute approximate surface area is 85.5 Å². The third-order valence-electron chi connectivity index (χ3n) is 1.93. The first kappa shape index (κ1) is 10.9. The van der Waals surface area contributed by atoms with Gasteiger partial charge in [0.15, 0.2) is 0 Å². The molecular weight excluding hydrogens is 176 g/mol. The van der Waals surface area contributed by atoms with Crippen LogP contribution >= 0.6 is 0 Å². The standard InChI is InChI=1S/C11H18N2O/c1-3-8-12-9-13-10-4-6-11(14-2)7-5-10/h4-7,12-13H,3,8-9H2,1-2H3. The van der Waals surface area contributed by atoms with Crippen molar-refractivity contribution in [3.8, 4) is 5.75 Å². The normalized spacial score (nSPS) is 9.86. The van der Waals surface area contributed by atoms with Gasteiger partial charge in [-0.15, -0.1) is 0 Å². The summed E-state index contributed by atoms with van der Waals surface area (Å²) in [5.41, 5.74) is 1.11. The molecule has 14 heavy (non-hydrogen) atoms. The Morgan fingerprint density at radius 3 is 2.50 bits per heavy atom. The van der Waals surface area contributed by atoms with E-state index < -0.39 is 0 Å². The van der Waals surface area contributed by atoms with E-state index in [2.05, 4.69) is 17.6 Å². The first-order valence-corrected chi connectivity index (χ1v) is 4.95. The average molecular weight is 194 g/mol. The third-order valence-corrected chi connectivity index (χ3v) is 1.93. The van der Waals surface area contributed by atoms with Gasteiger partial charge in [0, 0.05) is 5.69 Å². The quantitative estimate of drug-likeness (QED) is 0.537. The maximum atomic E-state index is 5.07. The number of nitrogens with one attached hydrogen (secondary N) is 2. The van der Waals surface area contributed by atoms with Gasteiger partial charge < -0.3 is 15.4 Å². The largest absolute Gasteiger partial charge is 0.497 e. The van der Waals surface area contributed by atoms with Crippen LogP contribution in [0, 0.1) is 0 Å². The van der Waals surface area contributed by atoms with Gasteiger partial charge in [0.2, 0.25) is 0 Å². The zero-order chi connectivity index (χ0) is 10.2. The molecule has 3 heteroatoms. The molecule has 0 unspecified atom stereocenters. The molecule has 78 valence electrons. The van der Waals surface area contributed by atoms with Crippen molar-refractivity contribution in [3.05, 3.63) is 24.3 Å². The summed E-state index contributed by atoms with van der Waals surface area (Å²) in [4.78, 5) is 0. The highest BCUT2D eigenvalue weighted by Gasteiger charge is 1.91. The van der Waals surface area contributed by atoms with Crippen LogP contribution in [0.3, 0.4) is 0 Å². The van der Waals surface area contributed by atoms with E-state index in [0.29, 0.717) is 0 Å². The van der Waals surface area contributed by atoms with Gasteiger partial charge in [-0.2, -0.15) is 0 Å². The van der Waals surface area contributed by atoms with Gasteiger partial charge in [-0.1, -0.05) is 6.92 Å². The summed E-state index contributed by atoms with van der Waals surface area (Å²) in [5.74, 6) is 0.886. The lowest BCUT2D eigenvalue weighted by atomic mass is 10.3. The molecule has 1 aromatic rings. The van der Waals surface area contributed by atoms with Gasteiger partial charge in [0.25, 0.3) is 0 Å². The molecule has 0 fully saturated rings. The molecule has 2 N–H and O–H groups in total. The van der Waals surface area contributed by atoms with Crippen LogP contribution in [0.5, 0.6) is 5.75 Å². The number of hydrogen-bond donors (Lipinski definition) is 2. The maximum absolute atomic E-state index is 5.07. The third kappa shape index (κ3) is 3.66. The number of methoxy groups -OCH3 is 1. The maximum Gasteiger partial charge on any atom is 0.119 e. The highest BCUT2D eigenvalue weighted by Crippen LogP contribution is 2.14. The number of benzene rings is 1. The molecule has 0 saturated carbocycles. The van der Waals surface area contributed by atoms with E-state index in [4.69, 9.17) is 4.74 Å². The second-order valence-corrected chi connectivity index (χ2v) is 3.08. The van der Waals surface area contributed by atoms with Crippen LogP contribution in [0.4, 0.5) is 5.69 Å². The average Bonchev–Trinajstić information content (AvgIpc) is 2.25. The van der Waals surface area contributed by atoms with Crippen molar-refractivity contribution < 1.29 is 4.74 Å². The minimum atomic E-state index is 0.806. The predicted molar refractivity (Wildman–Crippen MR) is 59.8 cm³/mol. The van der Waals surface area contributed by atoms with Crippen LogP contribution in [0.2, 0.25) is 0 Å². The molecule has 0 amide bonds. The van der Waals surface area contributed by atoms with E-state index in [9.17, 15) is 0 Å². The molecule has 0 saturated heterocycles. The highest BCUT2D eigenvalue weighted by atomic mass is 16.5. The van der Waals surface area contributed by atoms with Gasteiger partial charge in [0.1, 0.15) is 5.75 Å². The van der Waals surface area contributed by atoms with E-state index in [1.165, 1.54) is 0 Å². The Balaban J connectivity index is 2.29. The summed E-state index contributed by atoms with van der Waals surface area (Å²) in [7, 11) is 1.67. The van der Waals surface area contributed by atoms with Crippen molar-refractivity contribution in [2.45, 2.75) is 13.3 Å². The fourth-order valence-electron chi connectivity index (χ4n) is 1.14. The zero-order valence-electron chi connectivity index (χ0n) is 8.84. The van der Waals surface area contributed by atoms with E-state index >= 15 is 0 Å². The van der Waals surface area contributed by atoms with Crippen LogP contribution in [-0.4, -0.2) is 20.3 Å². The number of ether oxygens (including phenoxy) is 1. The van der Waals surface area contributed by atoms with Crippen molar-refractivity contribution >= 4 is 5.69 Å². The lowest BCUT2D eigenvalue weighted by Crippen LogP contribution is -2.22. The molecule has 0 radical (unpaired) electrons. The van der Waals surface area contributed by atoms with E-state index in [1.807, 2.05) is 24.3 Å². The van der Waals surface area contributed by atoms with Crippen molar-refractivity contribution in [2.24, 2.45) is 0 Å². The molecule has 0 spiro atoms. The molecule has 1 aromatic carbocycles. The van der Waals surface area contributed by atoms with E-state index in [-0.39, 0.29) is 0 Å². The minimum Gasteiger partial charge on any atom is -0.497 e. The molecule has 0 aromatic heterocycles. The summed E-state index contributed by atoms with van der Waals surface area (Å²) < 4.78 is 5.07. The lowest BCUT2D eigenvalue weighted by molar-refractivity contribution is 0.415. The fraction of sp³-hybridized carbons (Fsp3) is 0.455. The van der Waals surface area contributed by atoms with Crippen LogP contribution < -0.4 is 15.4 Å². The Morgan fingerprint density at radius 1 is 1.21 bits per heavy atom. The van der Waals surface area contributed by atoms with Crippen LogP contribution in [0.15, 0.2) is 24.3 Å². The number of hydrogen-bond acceptors (Lipinski definition) is 3. The molecule has 0 bridgehead atoms. The van der Waals surface area contributed by atoms with Crippen molar-refractivity contribution in [3.63, 3.8) is 0 Å². The molecular formula is C11H18N2O. The SMILES string of the molecule is CCCNCNc1ccc(OC)cc1. The Bertz CT molecular complexity index is 246. The van der Waals surface area contributed by atoms with Crippen molar-refractivity contribution in [2.75, 3.05) is 25.6 Å². The monoisotopic (exact) mass is 194 g/mol. The molecule has 0 aliphatic carbocycles. The fourth-order valence-corrected chi connectivity index (χ4v) is 1.14. The van der Waals surface area contributed by atoms with Gasteiger partial charge in [-0.05, 0) is 37.2 Å². The summed E-state index contributed by atoms with van der Waals surface area (Å²) >= 11 is 0. The predicted octanol–water partition coefficient (Wildman–Crippen LogP) is 2.06. The summed E-state index contributed by atoms with van der Waals surface area (Å²) in [6.45, 7) is 4.00. The van der Waals surface area contributed by atoms with Gasteiger partial charge in [-0.3, -0.25) is 0 Å². The number of rotatable bonds is 6. The smallest absolute Gasteiger partial charge is 0.119 e. The van der Waals surface area contributed by atoms with Gasteiger partial charge in [-0.25, -0.2) is 0 Å². The first-order valence-electron chi connectivity index (χ1n) is 4.95. The van der Waals surface area contributed by atoms with Crippen LogP contribution in [0.25, 0.3) is 0 Å². The Morgan fingerprint density at radius 2 is 1.93 bits per heavy atom. The first-order chi connectivity index (χ1) is 6.86. The molecule has 3 nitrogen and oxygen atoms in total. The van der Waals surface area contributed by atoms with Crippen LogP contribution in [0.1, 0.15) is 13.3 Å². The van der Waals surface area contributed by atoms with E-state index in [0.717, 1.165) is 31.1 Å². The minimum absolute atomic E-state index is 0.806. The van der Waals surface area contributed by atoms with Crippen molar-refractivity contribution in [1.29, 1.82) is 0 Å². The molecule has 0 heterocycles. The number of anilines is 1. The molecule has 1 rings (SSSR count). The topological polar surface area (TPSA) is 33.3 Å². The summed E-state index contributed by atoms with van der Waals surface area (Å²) in [6.07, 6.45) is 1.16. The van der Waals surface area contributed by atoms with E-state index in [1.54, 1.807) is 7.11 Å². The Hall–Kier alpha value is -1.22. The molecule has 0 aliphatic rings. The Kier molecular flexibility index (Phi) is 4.86. The second-order valence-electron chi connectivity index (χ2n) is 3.08. The lowest BCUT2D eigenvalue weighted by Gasteiger charge is -2.07. The van der Waals surface area contributed by atoms with Gasteiger partial charge >= 0.3 is 0 Å². The highest BCUT2D eigenvalue weighted by molar-refractivity contribution is 5.46. The molecule has 0 aliphatic heterocycles. The van der Waals surface area contributed by atoms with Crippen LogP contribution in [-0.2, 0) is 0 Å². The summed E-state index contributed by atoms with van der Waals surface area (Å²) in [6, 6.07) is 7.91. The summed E-state index contributed by atoms with van der Waals surface area (Å²) in [5, 5.41) is 6.53.